The lowest BCUT2D eigenvalue weighted by Gasteiger charge is -2.45. The maximum Gasteiger partial charge on any atom is 0.0657 e. The molecule has 0 aliphatic heterocycles. The van der Waals surface area contributed by atoms with Crippen molar-refractivity contribution in [2.45, 2.75) is 121 Å². The summed E-state index contributed by atoms with van der Waals surface area (Å²) in [6.07, 6.45) is 47.0. The molecule has 52 heavy (non-hydrogen) atoms. The van der Waals surface area contributed by atoms with Crippen LogP contribution in [0.25, 0.3) is 0 Å². The summed E-state index contributed by atoms with van der Waals surface area (Å²) in [4.78, 5) is 0. The summed E-state index contributed by atoms with van der Waals surface area (Å²) in [6, 6.07) is 0. The SMILES string of the molecule is CC(C)=CC[C@H](/C=C/C(C)=C/C=C/C(C)=C/C=C/C(C)=C/C=C/C=C(C)/C=C/C=C(C)/C=C/[C@@]12C[C@@H]1CC[C@@H](C/C=C(\C)CO)C2(C)C)C(C)(C)O. The molecule has 284 valence electrons. The van der Waals surface area contributed by atoms with Gasteiger partial charge in [0.05, 0.1) is 12.2 Å². The first-order chi connectivity index (χ1) is 24.4. The van der Waals surface area contributed by atoms with Crippen molar-refractivity contribution >= 4 is 0 Å². The van der Waals surface area contributed by atoms with Gasteiger partial charge >= 0.3 is 0 Å². The van der Waals surface area contributed by atoms with Crippen LogP contribution < -0.4 is 0 Å². The highest BCUT2D eigenvalue weighted by Crippen LogP contribution is 2.72. The van der Waals surface area contributed by atoms with Gasteiger partial charge in [0.15, 0.2) is 0 Å². The molecule has 2 saturated carbocycles. The van der Waals surface area contributed by atoms with Crippen molar-refractivity contribution in [1.29, 1.82) is 0 Å². The first-order valence-corrected chi connectivity index (χ1v) is 19.5. The molecule has 0 heterocycles. The monoisotopic (exact) mass is 705 g/mol. The van der Waals surface area contributed by atoms with Gasteiger partial charge in [-0.3, -0.25) is 0 Å². The van der Waals surface area contributed by atoms with Crippen LogP contribution in [0.3, 0.4) is 0 Å². The van der Waals surface area contributed by atoms with Crippen molar-refractivity contribution < 1.29 is 10.2 Å². The fraction of sp³-hybridized carbons (Fsp3) is 0.480. The Bertz CT molecular complexity index is 1570. The second-order valence-corrected chi connectivity index (χ2v) is 16.9. The van der Waals surface area contributed by atoms with Crippen LogP contribution in [0, 0.1) is 28.6 Å². The first-order valence-electron chi connectivity index (χ1n) is 19.5. The third kappa shape index (κ3) is 15.3. The molecule has 0 aromatic heterocycles. The molecule has 0 bridgehead atoms. The fourth-order valence-electron chi connectivity index (χ4n) is 7.14. The Balaban J connectivity index is 1.88. The summed E-state index contributed by atoms with van der Waals surface area (Å²) in [6.45, 7) is 25.7. The average molecular weight is 705 g/mol. The topological polar surface area (TPSA) is 40.5 Å². The summed E-state index contributed by atoms with van der Waals surface area (Å²) in [5, 5.41) is 20.0. The van der Waals surface area contributed by atoms with Crippen LogP contribution in [0.1, 0.15) is 115 Å². The highest BCUT2D eigenvalue weighted by Gasteiger charge is 2.64. The van der Waals surface area contributed by atoms with Gasteiger partial charge < -0.3 is 10.2 Å². The van der Waals surface area contributed by atoms with Crippen LogP contribution in [0.2, 0.25) is 0 Å². The Hall–Kier alpha value is -3.46. The highest BCUT2D eigenvalue weighted by atomic mass is 16.3. The molecule has 0 unspecified atom stereocenters. The van der Waals surface area contributed by atoms with E-state index in [1.807, 2.05) is 20.8 Å². The summed E-state index contributed by atoms with van der Waals surface area (Å²) < 4.78 is 0. The van der Waals surface area contributed by atoms with Crippen LogP contribution in [0.4, 0.5) is 0 Å². The number of aliphatic hydroxyl groups excluding tert-OH is 1. The van der Waals surface area contributed by atoms with E-state index in [1.165, 1.54) is 47.1 Å². The van der Waals surface area contributed by atoms with Crippen molar-refractivity contribution in [2.75, 3.05) is 6.61 Å². The molecule has 0 aromatic rings. The smallest absolute Gasteiger partial charge is 0.0657 e. The minimum atomic E-state index is -0.757. The maximum atomic E-state index is 10.5. The summed E-state index contributed by atoms with van der Waals surface area (Å²) in [7, 11) is 0. The standard InChI is InChI=1S/C50H72O2/c1-38(2)26-29-46(49(11,12)52)31-27-42(6)24-16-23-41(5)22-15-20-39(3)18-13-14-19-40(4)21-17-25-43(7)34-35-50-36-47(50)33-32-45(48(50,9)10)30-28-44(8)37-51/h13-28,31,34-35,45-47,51-52H,29-30,32-33,36-37H2,1-12H3/b14-13+,20-15+,21-17+,23-16+,31-27+,35-34+,39-18+,40-19+,41-22+,42-24+,43-25+,44-28+/t45-,46-,47+,50-/m1/s1. The number of rotatable bonds is 18. The van der Waals surface area contributed by atoms with E-state index in [0.717, 1.165) is 29.9 Å². The molecule has 2 fully saturated rings. The van der Waals surface area contributed by atoms with E-state index in [4.69, 9.17) is 0 Å². The van der Waals surface area contributed by atoms with E-state index in [1.54, 1.807) is 0 Å². The molecule has 4 atom stereocenters. The van der Waals surface area contributed by atoms with Gasteiger partial charge in [-0.15, -0.1) is 0 Å². The predicted octanol–water partition coefficient (Wildman–Crippen LogP) is 13.6. The molecule has 2 N–H and O–H groups in total. The van der Waals surface area contributed by atoms with Gasteiger partial charge in [-0.1, -0.05) is 168 Å². The molecular weight excluding hydrogens is 633 g/mol. The normalized spacial score (nSPS) is 24.7. The summed E-state index contributed by atoms with van der Waals surface area (Å²) in [5.74, 6) is 1.55. The van der Waals surface area contributed by atoms with Crippen LogP contribution in [-0.4, -0.2) is 22.4 Å². The third-order valence-electron chi connectivity index (χ3n) is 11.1. The minimum Gasteiger partial charge on any atom is -0.392 e. The van der Waals surface area contributed by atoms with E-state index in [9.17, 15) is 10.2 Å². The molecule has 2 nitrogen and oxygen atoms in total. The average Bonchev–Trinajstić information content (AvgIpc) is 3.80. The van der Waals surface area contributed by atoms with E-state index >= 15 is 0 Å². The molecular formula is C50H72O2. The Labute approximate surface area is 319 Å². The van der Waals surface area contributed by atoms with Crippen molar-refractivity contribution in [2.24, 2.45) is 28.6 Å². The molecule has 0 spiro atoms. The first kappa shape index (κ1) is 44.7. The maximum absolute atomic E-state index is 10.5. The molecule has 2 aliphatic carbocycles. The molecule has 0 saturated heterocycles. The second-order valence-electron chi connectivity index (χ2n) is 16.9. The molecule has 2 heteroatoms. The Morgan fingerprint density at radius 2 is 1.15 bits per heavy atom. The van der Waals surface area contributed by atoms with E-state index in [0.29, 0.717) is 11.3 Å². The third-order valence-corrected chi connectivity index (χ3v) is 11.1. The van der Waals surface area contributed by atoms with Crippen molar-refractivity contribution in [3.63, 3.8) is 0 Å². The minimum absolute atomic E-state index is 0.0743. The molecule has 2 aliphatic rings. The van der Waals surface area contributed by atoms with Crippen molar-refractivity contribution in [1.82, 2.24) is 0 Å². The lowest BCUT2D eigenvalue weighted by atomic mass is 9.60. The largest absolute Gasteiger partial charge is 0.392 e. The van der Waals surface area contributed by atoms with Gasteiger partial charge in [0.25, 0.3) is 0 Å². The number of hydrogen-bond donors (Lipinski definition) is 2. The van der Waals surface area contributed by atoms with Gasteiger partial charge in [0.2, 0.25) is 0 Å². The van der Waals surface area contributed by atoms with Gasteiger partial charge in [-0.05, 0) is 124 Å². The fourth-order valence-corrected chi connectivity index (χ4v) is 7.14. The van der Waals surface area contributed by atoms with Crippen LogP contribution >= 0.6 is 0 Å². The van der Waals surface area contributed by atoms with Gasteiger partial charge in [-0.25, -0.2) is 0 Å². The zero-order valence-corrected chi connectivity index (χ0v) is 34.8. The molecule has 0 amide bonds. The van der Waals surface area contributed by atoms with E-state index in [2.05, 4.69) is 178 Å². The second kappa shape index (κ2) is 21.3. The van der Waals surface area contributed by atoms with E-state index in [-0.39, 0.29) is 17.9 Å². The van der Waals surface area contributed by atoms with Crippen LogP contribution in [-0.2, 0) is 0 Å². The summed E-state index contributed by atoms with van der Waals surface area (Å²) >= 11 is 0. The zero-order valence-electron chi connectivity index (χ0n) is 34.8. The number of fused-ring (bicyclic) bond motifs is 1. The Morgan fingerprint density at radius 3 is 1.63 bits per heavy atom. The number of allylic oxidation sites excluding steroid dienone is 24. The van der Waals surface area contributed by atoms with Gasteiger partial charge in [0, 0.05) is 5.92 Å². The van der Waals surface area contributed by atoms with Crippen molar-refractivity contribution in [3.8, 4) is 0 Å². The van der Waals surface area contributed by atoms with Crippen LogP contribution in [0.15, 0.2) is 154 Å². The molecule has 2 rings (SSSR count). The van der Waals surface area contributed by atoms with Gasteiger partial charge in [0.1, 0.15) is 0 Å². The van der Waals surface area contributed by atoms with Gasteiger partial charge in [-0.2, -0.15) is 0 Å². The highest BCUT2D eigenvalue weighted by molar-refractivity contribution is 5.34. The summed E-state index contributed by atoms with van der Waals surface area (Å²) in [5.41, 5.74) is 8.19. The van der Waals surface area contributed by atoms with Crippen LogP contribution in [0.5, 0.6) is 0 Å². The Morgan fingerprint density at radius 1 is 0.673 bits per heavy atom. The predicted molar refractivity (Wildman–Crippen MR) is 230 cm³/mol. The zero-order chi connectivity index (χ0) is 39.0. The quantitative estimate of drug-likeness (QED) is 0.110. The van der Waals surface area contributed by atoms with E-state index < -0.39 is 5.60 Å². The Kier molecular flexibility index (Phi) is 18.3. The number of aliphatic hydroxyl groups is 2. The lowest BCUT2D eigenvalue weighted by molar-refractivity contribution is 0.0380. The molecule has 0 aromatic carbocycles. The lowest BCUT2D eigenvalue weighted by Crippen LogP contribution is -2.37. The number of hydrogen-bond acceptors (Lipinski definition) is 2. The molecule has 0 radical (unpaired) electrons. The van der Waals surface area contributed by atoms with Crippen molar-refractivity contribution in [3.05, 3.63) is 154 Å².